The van der Waals surface area contributed by atoms with Crippen molar-refractivity contribution in [2.45, 2.75) is 26.4 Å². The van der Waals surface area contributed by atoms with Crippen LogP contribution in [-0.4, -0.2) is 27.6 Å². The van der Waals surface area contributed by atoms with Crippen molar-refractivity contribution in [3.8, 4) is 0 Å². The summed E-state index contributed by atoms with van der Waals surface area (Å²) in [6.45, 7) is 3.59. The number of hydrogen-bond acceptors (Lipinski definition) is 8. The number of aromatic amines is 1. The van der Waals surface area contributed by atoms with Crippen LogP contribution in [0.4, 0.5) is 11.4 Å². The number of hydrogen-bond donors (Lipinski definition) is 4. The Hall–Kier alpha value is -4.02. The van der Waals surface area contributed by atoms with E-state index >= 15 is 0 Å². The van der Waals surface area contributed by atoms with Crippen LogP contribution in [0.15, 0.2) is 50.8 Å². The first kappa shape index (κ1) is 25.6. The van der Waals surface area contributed by atoms with E-state index in [1.807, 2.05) is 11.0 Å². The highest BCUT2D eigenvalue weighted by Gasteiger charge is 2.26. The van der Waals surface area contributed by atoms with E-state index < -0.39 is 22.4 Å². The fourth-order valence-corrected chi connectivity index (χ4v) is 4.10. The lowest BCUT2D eigenvalue weighted by Crippen LogP contribution is -2.44. The number of benzene rings is 2. The third-order valence-electron chi connectivity index (χ3n) is 5.90. The van der Waals surface area contributed by atoms with Crippen molar-refractivity contribution in [1.82, 2.24) is 9.97 Å². The Morgan fingerprint density at radius 2 is 1.89 bits per heavy atom. The van der Waals surface area contributed by atoms with Crippen LogP contribution in [0.1, 0.15) is 32.9 Å². The van der Waals surface area contributed by atoms with Crippen LogP contribution < -0.4 is 32.8 Å². The smallest absolute Gasteiger partial charge is 0.372 e. The van der Waals surface area contributed by atoms with Crippen molar-refractivity contribution >= 4 is 40.7 Å². The number of halogens is 1. The van der Waals surface area contributed by atoms with E-state index in [4.69, 9.17) is 16.6 Å². The maximum atomic E-state index is 11.6. The number of nitrogen functional groups attached to an aromatic ring is 1. The number of anilines is 2. The fourth-order valence-electron chi connectivity index (χ4n) is 4.10. The van der Waals surface area contributed by atoms with Crippen LogP contribution >= 0.6 is 12.4 Å². The van der Waals surface area contributed by atoms with E-state index in [1.165, 1.54) is 5.56 Å². The average molecular weight is 498 g/mol. The van der Waals surface area contributed by atoms with E-state index in [0.29, 0.717) is 36.2 Å². The van der Waals surface area contributed by atoms with Gasteiger partial charge in [-0.15, -0.1) is 12.4 Å². The minimum atomic E-state index is -1.24. The van der Waals surface area contributed by atoms with Crippen molar-refractivity contribution in [3.05, 3.63) is 95.3 Å². The predicted octanol–water partition coefficient (Wildman–Crippen LogP) is 1.24. The molecule has 2 heterocycles. The number of carboxylic acids is 1. The lowest BCUT2D eigenvalue weighted by atomic mass is 9.96. The number of fused-ring (bicyclic) bond motifs is 2. The molecular weight excluding hydrogens is 474 g/mol. The first-order valence-corrected chi connectivity index (χ1v) is 10.6. The standard InChI is InChI=1S/C14H15N3O2.C10H8N2O3.ClH/c15-6-8-1-2-9-3-4-17(7-10(9)5-8)12-11(16)13(18)14(12)19;1-5-3-2-4-6-7(5)9(13)12-8(11-6)10(14)15;/h1-2,5H,3-4,6-7,15-16H2;2-4H,1H3,(H,14,15)(H,11,12,13);1H. The van der Waals surface area contributed by atoms with Gasteiger partial charge in [-0.3, -0.25) is 14.4 Å². The summed E-state index contributed by atoms with van der Waals surface area (Å²) < 4.78 is 0. The molecule has 6 N–H and O–H groups in total. The van der Waals surface area contributed by atoms with Gasteiger partial charge in [0.2, 0.25) is 5.82 Å². The zero-order valence-corrected chi connectivity index (χ0v) is 19.6. The number of nitrogens with two attached hydrogens (primary N) is 2. The van der Waals surface area contributed by atoms with Gasteiger partial charge in [0.1, 0.15) is 11.4 Å². The Labute approximate surface area is 205 Å². The third-order valence-corrected chi connectivity index (χ3v) is 5.90. The molecule has 0 unspecified atom stereocenters. The molecule has 0 saturated carbocycles. The molecule has 11 heteroatoms. The van der Waals surface area contributed by atoms with Gasteiger partial charge < -0.3 is 26.5 Å². The quantitative estimate of drug-likeness (QED) is 0.303. The molecule has 35 heavy (non-hydrogen) atoms. The van der Waals surface area contributed by atoms with Crippen molar-refractivity contribution in [2.24, 2.45) is 5.73 Å². The van der Waals surface area contributed by atoms with Crippen LogP contribution in [0.25, 0.3) is 10.9 Å². The van der Waals surface area contributed by atoms with Crippen LogP contribution in [0.2, 0.25) is 0 Å². The molecule has 5 rings (SSSR count). The number of carbonyl (C=O) groups is 1. The van der Waals surface area contributed by atoms with E-state index in [9.17, 15) is 19.2 Å². The highest BCUT2D eigenvalue weighted by Crippen LogP contribution is 2.26. The van der Waals surface area contributed by atoms with Gasteiger partial charge in [0.25, 0.3) is 16.4 Å². The van der Waals surface area contributed by atoms with Gasteiger partial charge in [-0.05, 0) is 41.7 Å². The predicted molar refractivity (Wildman–Crippen MR) is 136 cm³/mol. The summed E-state index contributed by atoms with van der Waals surface area (Å²) in [7, 11) is 0. The maximum Gasteiger partial charge on any atom is 0.372 e. The molecule has 0 aliphatic carbocycles. The van der Waals surface area contributed by atoms with Gasteiger partial charge >= 0.3 is 5.97 Å². The Morgan fingerprint density at radius 3 is 2.54 bits per heavy atom. The molecule has 0 bridgehead atoms. The summed E-state index contributed by atoms with van der Waals surface area (Å²) in [5, 5.41) is 9.14. The highest BCUT2D eigenvalue weighted by molar-refractivity contribution is 5.88. The second-order valence-electron chi connectivity index (χ2n) is 8.09. The van der Waals surface area contributed by atoms with Crippen LogP contribution in [-0.2, 0) is 19.5 Å². The zero-order chi connectivity index (χ0) is 24.6. The number of aromatic nitrogens is 2. The number of H-pyrrole nitrogens is 1. The zero-order valence-electron chi connectivity index (χ0n) is 18.8. The number of aromatic carboxylic acids is 1. The number of carboxylic acid groups (broad SMARTS) is 1. The minimum absolute atomic E-state index is 0. The largest absolute Gasteiger partial charge is 0.475 e. The first-order chi connectivity index (χ1) is 16.2. The molecule has 0 spiro atoms. The molecule has 0 radical (unpaired) electrons. The van der Waals surface area contributed by atoms with Crippen molar-refractivity contribution in [2.75, 3.05) is 17.2 Å². The topological polar surface area (TPSA) is 172 Å². The summed E-state index contributed by atoms with van der Waals surface area (Å²) >= 11 is 0. The first-order valence-electron chi connectivity index (χ1n) is 10.6. The molecular formula is C24H24ClN5O5. The molecule has 4 aromatic rings. The van der Waals surface area contributed by atoms with Crippen molar-refractivity contribution < 1.29 is 9.90 Å². The summed E-state index contributed by atoms with van der Waals surface area (Å²) in [6.07, 6.45) is 0.846. The number of nitrogens with zero attached hydrogens (tertiary/aromatic N) is 2. The lowest BCUT2D eigenvalue weighted by Gasteiger charge is -2.31. The Bertz CT molecular complexity index is 1560. The molecule has 3 aromatic carbocycles. The van der Waals surface area contributed by atoms with Gasteiger partial charge in [-0.25, -0.2) is 9.78 Å². The molecule has 0 saturated heterocycles. The minimum Gasteiger partial charge on any atom is -0.475 e. The molecule has 1 aliphatic heterocycles. The Kier molecular flexibility index (Phi) is 7.37. The van der Waals surface area contributed by atoms with Gasteiger partial charge in [0.15, 0.2) is 0 Å². The molecule has 0 atom stereocenters. The highest BCUT2D eigenvalue weighted by atomic mass is 35.5. The fraction of sp³-hybridized carbons (Fsp3) is 0.208. The molecule has 10 nitrogen and oxygen atoms in total. The Balaban J connectivity index is 0.000000195. The van der Waals surface area contributed by atoms with E-state index in [2.05, 4.69) is 22.1 Å². The van der Waals surface area contributed by atoms with Crippen LogP contribution in [0.5, 0.6) is 0 Å². The lowest BCUT2D eigenvalue weighted by molar-refractivity contribution is 0.0683. The monoisotopic (exact) mass is 497 g/mol. The van der Waals surface area contributed by atoms with Gasteiger partial charge in [-0.1, -0.05) is 30.3 Å². The Morgan fingerprint density at radius 1 is 1.14 bits per heavy atom. The third kappa shape index (κ3) is 4.79. The van der Waals surface area contributed by atoms with Gasteiger partial charge in [-0.2, -0.15) is 0 Å². The van der Waals surface area contributed by atoms with E-state index in [-0.39, 0.29) is 23.9 Å². The molecule has 0 amide bonds. The van der Waals surface area contributed by atoms with E-state index in [1.54, 1.807) is 25.1 Å². The summed E-state index contributed by atoms with van der Waals surface area (Å²) in [6, 6.07) is 11.3. The van der Waals surface area contributed by atoms with Crippen molar-refractivity contribution in [3.63, 3.8) is 0 Å². The summed E-state index contributed by atoms with van der Waals surface area (Å²) in [4.78, 5) is 52.9. The number of aryl methyl sites for hydroxylation is 1. The molecule has 182 valence electrons. The average Bonchev–Trinajstić information content (AvgIpc) is 2.83. The molecule has 1 aliphatic rings. The second kappa shape index (κ2) is 10.1. The molecule has 1 aromatic heterocycles. The summed E-state index contributed by atoms with van der Waals surface area (Å²) in [5.41, 5.74) is 15.0. The maximum absolute atomic E-state index is 11.6. The number of rotatable bonds is 3. The SMILES string of the molecule is Cc1cccc2nc(C(=O)O)[nH]c(=O)c12.Cl.NCc1ccc2c(c1)CN(c1c(N)c(=O)c1=O)CC2. The molecule has 0 fully saturated rings. The number of nitrogens with one attached hydrogen (secondary N) is 1. The van der Waals surface area contributed by atoms with Gasteiger partial charge in [0.05, 0.1) is 10.9 Å². The van der Waals surface area contributed by atoms with E-state index in [0.717, 1.165) is 23.1 Å². The van der Waals surface area contributed by atoms with Gasteiger partial charge in [0, 0.05) is 19.6 Å². The van der Waals surface area contributed by atoms with Crippen molar-refractivity contribution in [1.29, 1.82) is 0 Å². The normalized spacial score (nSPS) is 12.5. The van der Waals surface area contributed by atoms with Crippen LogP contribution in [0.3, 0.4) is 0 Å². The second-order valence-corrected chi connectivity index (χ2v) is 8.09. The van der Waals surface area contributed by atoms with Crippen LogP contribution in [0, 0.1) is 6.92 Å². The summed E-state index contributed by atoms with van der Waals surface area (Å²) in [5.74, 6) is -1.58.